The van der Waals surface area contributed by atoms with Crippen LogP contribution >= 0.6 is 0 Å². The minimum atomic E-state index is -3.15. The standard InChI is InChI=1S/C39H54F2N10O8/c1-50(2)38(44)45-16-8-12-29(35(55)49-31(18-25-9-4-3-5-10-25)36(56)48-30(37(57)58)11-6-7-15-42)47-33(53)14-13-32(52)46-22-26-17-28(59-23-26)19-34(54)51-24-39(40,41)20-27(51)21-43/h3-5,9-10,17,23,27,29-31H,6-8,11-16,18-20,22,24,42H2,1-2H3,(H2,44,45)(H,46,52)(H,47,53)(H,48,56)(H,49,55)(H,57,58)/t27-,29-,30-,31-/m0/s1. The van der Waals surface area contributed by atoms with E-state index in [1.54, 1.807) is 55.4 Å². The third kappa shape index (κ3) is 16.4. The van der Waals surface area contributed by atoms with Crippen LogP contribution in [0.15, 0.2) is 52.1 Å². The quantitative estimate of drug-likeness (QED) is 0.0460. The van der Waals surface area contributed by atoms with Gasteiger partial charge in [0.05, 0.1) is 25.3 Å². The third-order valence-corrected chi connectivity index (χ3v) is 9.35. The van der Waals surface area contributed by atoms with Gasteiger partial charge in [-0.2, -0.15) is 5.26 Å². The van der Waals surface area contributed by atoms with Gasteiger partial charge in [0.15, 0.2) is 5.96 Å². The largest absolute Gasteiger partial charge is 0.480 e. The van der Waals surface area contributed by atoms with Crippen molar-refractivity contribution in [3.8, 4) is 6.07 Å². The van der Waals surface area contributed by atoms with Crippen molar-refractivity contribution in [1.82, 2.24) is 31.1 Å². The zero-order valence-corrected chi connectivity index (χ0v) is 33.3. The SMILES string of the molecule is CN(C)C(N)=NCCC[C@H](NC(=O)CCC(=O)NCc1coc(CC(=O)N2CC(F)(F)C[C@H]2C#N)c1)C(=O)N[C@@H](Cc1ccccc1)C(=O)N[C@@H](CCCCN)C(=O)O. The number of amides is 5. The highest BCUT2D eigenvalue weighted by Gasteiger charge is 2.47. The van der Waals surface area contributed by atoms with Crippen molar-refractivity contribution in [1.29, 1.82) is 5.26 Å². The molecule has 0 bridgehead atoms. The molecule has 4 atom stereocenters. The molecule has 2 heterocycles. The molecule has 0 aliphatic carbocycles. The lowest BCUT2D eigenvalue weighted by Gasteiger charge is -2.25. The first kappa shape index (κ1) is 47.3. The van der Waals surface area contributed by atoms with E-state index in [1.165, 1.54) is 12.3 Å². The number of alkyl halides is 2. The van der Waals surface area contributed by atoms with Crippen molar-refractivity contribution < 1.29 is 47.1 Å². The Kier molecular flexibility index (Phi) is 18.7. The molecule has 0 radical (unpaired) electrons. The van der Waals surface area contributed by atoms with E-state index >= 15 is 0 Å². The summed E-state index contributed by atoms with van der Waals surface area (Å²) >= 11 is 0. The van der Waals surface area contributed by atoms with Crippen LogP contribution < -0.4 is 32.7 Å². The van der Waals surface area contributed by atoms with Crippen molar-refractivity contribution in [2.45, 2.75) is 101 Å². The number of carboxylic acid groups (broad SMARTS) is 1. The summed E-state index contributed by atoms with van der Waals surface area (Å²) in [6.45, 7) is -0.328. The number of benzene rings is 1. The number of halogens is 2. The number of hydrogen-bond acceptors (Lipinski definition) is 10. The summed E-state index contributed by atoms with van der Waals surface area (Å²) in [5.74, 6) is -7.29. The van der Waals surface area contributed by atoms with Crippen molar-refractivity contribution in [3.63, 3.8) is 0 Å². The number of nitrogens with one attached hydrogen (secondary N) is 4. The van der Waals surface area contributed by atoms with Gasteiger partial charge < -0.3 is 52.1 Å². The molecule has 2 aromatic rings. The minimum Gasteiger partial charge on any atom is -0.480 e. The van der Waals surface area contributed by atoms with Gasteiger partial charge in [0.2, 0.25) is 29.5 Å². The highest BCUT2D eigenvalue weighted by molar-refractivity contribution is 5.94. The second-order valence-corrected chi connectivity index (χ2v) is 14.4. The van der Waals surface area contributed by atoms with Crippen molar-refractivity contribution in [2.75, 3.05) is 33.7 Å². The normalized spacial score (nSPS) is 16.2. The number of furan rings is 1. The Hall–Kier alpha value is -6.10. The Morgan fingerprint density at radius 2 is 1.64 bits per heavy atom. The summed E-state index contributed by atoms with van der Waals surface area (Å²) in [5.41, 5.74) is 12.6. The molecule has 0 saturated carbocycles. The summed E-state index contributed by atoms with van der Waals surface area (Å²) < 4.78 is 32.9. The predicted octanol–water partition coefficient (Wildman–Crippen LogP) is 0.545. The molecule has 1 fully saturated rings. The highest BCUT2D eigenvalue weighted by atomic mass is 19.3. The molecule has 9 N–H and O–H groups in total. The number of guanidine groups is 1. The smallest absolute Gasteiger partial charge is 0.326 e. The number of nitriles is 1. The number of nitrogens with two attached hydrogens (primary N) is 2. The van der Waals surface area contributed by atoms with Crippen LogP contribution in [0.1, 0.15) is 68.3 Å². The van der Waals surface area contributed by atoms with Crippen molar-refractivity contribution in [2.24, 2.45) is 16.5 Å². The fraction of sp³-hybridized carbons (Fsp3) is 0.538. The Labute approximate surface area is 341 Å². The number of unbranched alkanes of at least 4 members (excludes halogenated alkanes) is 1. The van der Waals surface area contributed by atoms with Gasteiger partial charge in [-0.25, -0.2) is 13.6 Å². The van der Waals surface area contributed by atoms with E-state index < -0.39 is 78.6 Å². The summed E-state index contributed by atoms with van der Waals surface area (Å²) in [5, 5.41) is 29.4. The summed E-state index contributed by atoms with van der Waals surface area (Å²) in [4.78, 5) is 84.3. The maximum atomic E-state index is 13.8. The van der Waals surface area contributed by atoms with Gasteiger partial charge in [-0.15, -0.1) is 0 Å². The topological polar surface area (TPSA) is 279 Å². The fourth-order valence-electron chi connectivity index (χ4n) is 6.09. The van der Waals surface area contributed by atoms with Crippen LogP contribution in [0.3, 0.4) is 0 Å². The van der Waals surface area contributed by atoms with Crippen LogP contribution in [0.5, 0.6) is 0 Å². The molecule has 0 spiro atoms. The Morgan fingerprint density at radius 3 is 2.31 bits per heavy atom. The zero-order chi connectivity index (χ0) is 43.5. The molecule has 5 amide bonds. The molecule has 18 nitrogen and oxygen atoms in total. The van der Waals surface area contributed by atoms with Crippen LogP contribution in [0.2, 0.25) is 0 Å². The van der Waals surface area contributed by atoms with E-state index in [2.05, 4.69) is 26.3 Å². The van der Waals surface area contributed by atoms with Crippen LogP contribution in [0, 0.1) is 11.3 Å². The number of rotatable bonds is 23. The van der Waals surface area contributed by atoms with Gasteiger partial charge in [-0.1, -0.05) is 30.3 Å². The molecule has 20 heteroatoms. The first-order valence-corrected chi connectivity index (χ1v) is 19.3. The van der Waals surface area contributed by atoms with Crippen LogP contribution in [-0.4, -0.2) is 120 Å². The van der Waals surface area contributed by atoms with Crippen molar-refractivity contribution >= 4 is 41.5 Å². The summed E-state index contributed by atoms with van der Waals surface area (Å²) in [6.07, 6.45) is 1.14. The predicted molar refractivity (Wildman–Crippen MR) is 210 cm³/mol. The highest BCUT2D eigenvalue weighted by Crippen LogP contribution is 2.32. The lowest BCUT2D eigenvalue weighted by Crippen LogP contribution is -2.56. The Balaban J connectivity index is 1.63. The minimum absolute atomic E-state index is 0.0194. The number of aliphatic carboxylic acids is 1. The molecule has 1 aliphatic heterocycles. The van der Waals surface area contributed by atoms with Gasteiger partial charge in [-0.05, 0) is 50.3 Å². The van der Waals surface area contributed by atoms with E-state index in [1.807, 2.05) is 0 Å². The molecule has 59 heavy (non-hydrogen) atoms. The number of carbonyl (C=O) groups is 6. The summed E-state index contributed by atoms with van der Waals surface area (Å²) in [6, 6.07) is 7.12. The Bertz CT molecular complexity index is 1820. The molecule has 1 aromatic heterocycles. The maximum Gasteiger partial charge on any atom is 0.326 e. The van der Waals surface area contributed by atoms with Crippen LogP contribution in [0.25, 0.3) is 0 Å². The van der Waals surface area contributed by atoms with Crippen LogP contribution in [0.4, 0.5) is 8.78 Å². The van der Waals surface area contributed by atoms with Crippen molar-refractivity contribution in [3.05, 3.63) is 59.5 Å². The fourth-order valence-corrected chi connectivity index (χ4v) is 6.09. The first-order valence-electron chi connectivity index (χ1n) is 19.3. The average Bonchev–Trinajstić information content (AvgIpc) is 3.78. The lowest BCUT2D eigenvalue weighted by molar-refractivity contribution is -0.142. The second kappa shape index (κ2) is 23.3. The second-order valence-electron chi connectivity index (χ2n) is 14.4. The number of carbonyl (C=O) groups excluding carboxylic acids is 5. The number of carboxylic acids is 1. The molecule has 1 aliphatic rings. The van der Waals surface area contributed by atoms with Gasteiger partial charge in [-0.3, -0.25) is 29.0 Å². The maximum absolute atomic E-state index is 13.8. The number of aliphatic imine (C=N–C) groups is 1. The van der Waals surface area contributed by atoms with Gasteiger partial charge in [0, 0.05) is 58.4 Å². The monoisotopic (exact) mass is 828 g/mol. The average molecular weight is 829 g/mol. The van der Waals surface area contributed by atoms with Gasteiger partial charge in [0.1, 0.15) is 29.9 Å². The molecular formula is C39H54F2N10O8. The molecule has 1 aromatic carbocycles. The number of nitrogens with zero attached hydrogens (tertiary/aromatic N) is 4. The number of likely N-dealkylation sites (tertiary alicyclic amines) is 1. The van der Waals surface area contributed by atoms with Gasteiger partial charge >= 0.3 is 5.97 Å². The third-order valence-electron chi connectivity index (χ3n) is 9.35. The molecule has 322 valence electrons. The van der Waals surface area contributed by atoms with E-state index in [4.69, 9.17) is 21.1 Å². The van der Waals surface area contributed by atoms with Gasteiger partial charge in [0.25, 0.3) is 5.92 Å². The van der Waals surface area contributed by atoms with E-state index in [-0.39, 0.29) is 63.3 Å². The molecule has 0 unspecified atom stereocenters. The van der Waals surface area contributed by atoms with E-state index in [0.717, 1.165) is 4.90 Å². The Morgan fingerprint density at radius 1 is 0.983 bits per heavy atom. The first-order chi connectivity index (χ1) is 28.0. The van der Waals surface area contributed by atoms with E-state index in [0.29, 0.717) is 36.9 Å². The number of hydrogen-bond donors (Lipinski definition) is 7. The molecule has 3 rings (SSSR count). The van der Waals surface area contributed by atoms with Crippen LogP contribution in [-0.2, 0) is 48.2 Å². The zero-order valence-electron chi connectivity index (χ0n) is 33.3. The summed E-state index contributed by atoms with van der Waals surface area (Å²) in [7, 11) is 3.42. The molecular weight excluding hydrogens is 774 g/mol. The van der Waals surface area contributed by atoms with E-state index in [9.17, 15) is 42.7 Å². The lowest BCUT2D eigenvalue weighted by atomic mass is 10.0. The molecule has 1 saturated heterocycles.